The molecule has 3 aromatic rings. The summed E-state index contributed by atoms with van der Waals surface area (Å²) in [6, 6.07) is 10.0. The molecule has 0 spiro atoms. The van der Waals surface area contributed by atoms with Crippen LogP contribution in [0.25, 0.3) is 22.3 Å². The molecule has 0 aliphatic carbocycles. The fourth-order valence-corrected chi connectivity index (χ4v) is 3.25. The van der Waals surface area contributed by atoms with Crippen molar-refractivity contribution in [2.24, 2.45) is 0 Å². The summed E-state index contributed by atoms with van der Waals surface area (Å²) in [5, 5.41) is 1.07. The Morgan fingerprint density at radius 3 is 2.80 bits per heavy atom. The first-order valence-electron chi connectivity index (χ1n) is 8.53. The fourth-order valence-electron chi connectivity index (χ4n) is 3.25. The molecule has 0 saturated carbocycles. The van der Waals surface area contributed by atoms with Crippen molar-refractivity contribution < 1.29 is 9.53 Å². The van der Waals surface area contributed by atoms with Gasteiger partial charge < -0.3 is 14.2 Å². The molecule has 4 rings (SSSR count). The average molecular weight is 336 g/mol. The van der Waals surface area contributed by atoms with E-state index in [0.29, 0.717) is 39.3 Å². The lowest BCUT2D eigenvalue weighted by atomic mass is 10.2. The Morgan fingerprint density at radius 1 is 1.16 bits per heavy atom. The van der Waals surface area contributed by atoms with Crippen LogP contribution in [-0.2, 0) is 16.1 Å². The van der Waals surface area contributed by atoms with Crippen molar-refractivity contribution in [3.63, 3.8) is 0 Å². The highest BCUT2D eigenvalue weighted by molar-refractivity contribution is 5.84. The van der Waals surface area contributed by atoms with Gasteiger partial charge in [-0.3, -0.25) is 9.78 Å². The van der Waals surface area contributed by atoms with E-state index in [9.17, 15) is 4.79 Å². The number of rotatable bonds is 4. The van der Waals surface area contributed by atoms with E-state index in [4.69, 9.17) is 4.74 Å². The van der Waals surface area contributed by atoms with E-state index < -0.39 is 0 Å². The number of hydrogen-bond donors (Lipinski definition) is 0. The molecule has 0 N–H and O–H groups in total. The van der Waals surface area contributed by atoms with Gasteiger partial charge in [0.25, 0.3) is 0 Å². The molecule has 1 amide bonds. The monoisotopic (exact) mass is 336 g/mol. The molecule has 0 unspecified atom stereocenters. The minimum atomic E-state index is 0.165. The van der Waals surface area contributed by atoms with Crippen LogP contribution in [0.15, 0.2) is 48.9 Å². The van der Waals surface area contributed by atoms with Gasteiger partial charge in [-0.05, 0) is 30.3 Å². The normalized spacial score (nSPS) is 14.8. The Hall–Kier alpha value is -2.73. The molecule has 6 heteroatoms. The van der Waals surface area contributed by atoms with E-state index >= 15 is 0 Å². The smallest absolute Gasteiger partial charge is 0.224 e. The molecule has 1 fully saturated rings. The summed E-state index contributed by atoms with van der Waals surface area (Å²) in [6.07, 6.45) is 5.84. The number of hydrogen-bond acceptors (Lipinski definition) is 4. The van der Waals surface area contributed by atoms with Crippen LogP contribution in [0, 0.1) is 0 Å². The number of fused-ring (bicyclic) bond motifs is 1. The average Bonchev–Trinajstić information content (AvgIpc) is 3.06. The maximum absolute atomic E-state index is 12.5. The largest absolute Gasteiger partial charge is 0.378 e. The summed E-state index contributed by atoms with van der Waals surface area (Å²) in [4.78, 5) is 23.1. The van der Waals surface area contributed by atoms with Gasteiger partial charge in [-0.2, -0.15) is 0 Å². The summed E-state index contributed by atoms with van der Waals surface area (Å²) in [7, 11) is 0. The molecular formula is C19H20N4O2. The van der Waals surface area contributed by atoms with Crippen molar-refractivity contribution in [1.82, 2.24) is 19.4 Å². The molecular weight excluding hydrogens is 316 g/mol. The van der Waals surface area contributed by atoms with Crippen molar-refractivity contribution in [1.29, 1.82) is 0 Å². The third-order valence-electron chi connectivity index (χ3n) is 4.53. The van der Waals surface area contributed by atoms with Crippen molar-refractivity contribution in [2.45, 2.75) is 13.0 Å². The van der Waals surface area contributed by atoms with Gasteiger partial charge in [-0.1, -0.05) is 0 Å². The Labute approximate surface area is 146 Å². The molecule has 1 aliphatic heterocycles. The van der Waals surface area contributed by atoms with E-state index in [1.54, 1.807) is 12.4 Å². The van der Waals surface area contributed by atoms with Crippen LogP contribution >= 0.6 is 0 Å². The molecule has 25 heavy (non-hydrogen) atoms. The number of ether oxygens (including phenoxy) is 1. The van der Waals surface area contributed by atoms with Crippen LogP contribution in [0.4, 0.5) is 0 Å². The lowest BCUT2D eigenvalue weighted by molar-refractivity contribution is -0.135. The highest BCUT2D eigenvalue weighted by Crippen LogP contribution is 2.27. The SMILES string of the molecule is O=C(CCn1c(-c2cccnc2)cc2cccnc21)N1CCOCC1. The molecule has 0 bridgehead atoms. The highest BCUT2D eigenvalue weighted by atomic mass is 16.5. The number of carbonyl (C=O) groups excluding carboxylic acids is 1. The molecule has 3 aromatic heterocycles. The first-order chi connectivity index (χ1) is 12.3. The summed E-state index contributed by atoms with van der Waals surface area (Å²) >= 11 is 0. The number of amides is 1. The lowest BCUT2D eigenvalue weighted by Crippen LogP contribution is -2.41. The standard InChI is InChI=1S/C19H20N4O2/c24-18(22-9-11-25-12-10-22)5-8-23-17(16-4-1-6-20-14-16)13-15-3-2-7-21-19(15)23/h1-4,6-7,13-14H,5,8-12H2. The van der Waals surface area contributed by atoms with E-state index in [2.05, 4.69) is 20.6 Å². The van der Waals surface area contributed by atoms with Crippen LogP contribution in [0.5, 0.6) is 0 Å². The molecule has 0 aromatic carbocycles. The Balaban J connectivity index is 1.62. The van der Waals surface area contributed by atoms with Crippen molar-refractivity contribution in [3.8, 4) is 11.3 Å². The minimum Gasteiger partial charge on any atom is -0.378 e. The summed E-state index contributed by atoms with van der Waals surface area (Å²) in [5.41, 5.74) is 2.96. The zero-order valence-corrected chi connectivity index (χ0v) is 14.0. The quantitative estimate of drug-likeness (QED) is 0.734. The second kappa shape index (κ2) is 7.03. The van der Waals surface area contributed by atoms with Gasteiger partial charge in [0.15, 0.2) is 0 Å². The van der Waals surface area contributed by atoms with Crippen molar-refractivity contribution in [3.05, 3.63) is 48.9 Å². The topological polar surface area (TPSA) is 60.2 Å². The molecule has 1 saturated heterocycles. The first-order valence-corrected chi connectivity index (χ1v) is 8.53. The predicted molar refractivity (Wildman–Crippen MR) is 95.0 cm³/mol. The van der Waals surface area contributed by atoms with Crippen LogP contribution < -0.4 is 0 Å². The minimum absolute atomic E-state index is 0.165. The number of nitrogens with zero attached hydrogens (tertiary/aromatic N) is 4. The van der Waals surface area contributed by atoms with Gasteiger partial charge in [0.1, 0.15) is 5.65 Å². The maximum Gasteiger partial charge on any atom is 0.224 e. The number of aryl methyl sites for hydroxylation is 1. The highest BCUT2D eigenvalue weighted by Gasteiger charge is 2.18. The summed E-state index contributed by atoms with van der Waals surface area (Å²) in [6.45, 7) is 3.21. The third kappa shape index (κ3) is 3.25. The van der Waals surface area contributed by atoms with E-state index in [1.165, 1.54) is 0 Å². The molecule has 128 valence electrons. The summed E-state index contributed by atoms with van der Waals surface area (Å²) in [5.74, 6) is 0.165. The zero-order chi connectivity index (χ0) is 17.1. The maximum atomic E-state index is 12.5. The third-order valence-corrected chi connectivity index (χ3v) is 4.53. The second-order valence-electron chi connectivity index (χ2n) is 6.08. The van der Waals surface area contributed by atoms with Gasteiger partial charge in [-0.15, -0.1) is 0 Å². The van der Waals surface area contributed by atoms with Crippen molar-refractivity contribution >= 4 is 16.9 Å². The number of aromatic nitrogens is 3. The fraction of sp³-hybridized carbons (Fsp3) is 0.316. The summed E-state index contributed by atoms with van der Waals surface area (Å²) < 4.78 is 7.43. The number of pyridine rings is 2. The van der Waals surface area contributed by atoms with Crippen LogP contribution in [0.1, 0.15) is 6.42 Å². The first kappa shape index (κ1) is 15.8. The number of morpholine rings is 1. The van der Waals surface area contributed by atoms with Crippen LogP contribution in [0.3, 0.4) is 0 Å². The molecule has 0 atom stereocenters. The van der Waals surface area contributed by atoms with Gasteiger partial charge in [0.05, 0.1) is 18.9 Å². The van der Waals surface area contributed by atoms with Crippen molar-refractivity contribution in [2.75, 3.05) is 26.3 Å². The van der Waals surface area contributed by atoms with Gasteiger partial charge in [0.2, 0.25) is 5.91 Å². The van der Waals surface area contributed by atoms with Gasteiger partial charge in [0, 0.05) is 55.6 Å². The van der Waals surface area contributed by atoms with Gasteiger partial charge >= 0.3 is 0 Å². The Morgan fingerprint density at radius 2 is 2.00 bits per heavy atom. The molecule has 0 radical (unpaired) electrons. The zero-order valence-electron chi connectivity index (χ0n) is 14.0. The lowest BCUT2D eigenvalue weighted by Gasteiger charge is -2.27. The van der Waals surface area contributed by atoms with E-state index in [1.807, 2.05) is 35.4 Å². The Kier molecular flexibility index (Phi) is 4.43. The molecule has 6 nitrogen and oxygen atoms in total. The molecule has 1 aliphatic rings. The molecule has 4 heterocycles. The van der Waals surface area contributed by atoms with Crippen LogP contribution in [0.2, 0.25) is 0 Å². The van der Waals surface area contributed by atoms with E-state index in [-0.39, 0.29) is 5.91 Å². The Bertz CT molecular complexity index is 870. The second-order valence-corrected chi connectivity index (χ2v) is 6.08. The van der Waals surface area contributed by atoms with Crippen LogP contribution in [-0.4, -0.2) is 51.6 Å². The number of carbonyl (C=O) groups is 1. The van der Waals surface area contributed by atoms with E-state index in [0.717, 1.165) is 22.3 Å². The van der Waals surface area contributed by atoms with Gasteiger partial charge in [-0.25, -0.2) is 4.98 Å². The predicted octanol–water partition coefficient (Wildman–Crippen LogP) is 2.35.